The molecule has 14 rings (SSSR count). The molecule has 304 valence electrons. The first kappa shape index (κ1) is 36.2. The van der Waals surface area contributed by atoms with Crippen LogP contribution in [-0.4, -0.2) is 19.1 Å². The molecule has 0 atom stereocenters. The van der Waals surface area contributed by atoms with Crippen LogP contribution in [0.15, 0.2) is 206 Å². The molecule has 4 nitrogen and oxygen atoms in total. The van der Waals surface area contributed by atoms with E-state index in [1.165, 1.54) is 87.6 Å². The van der Waals surface area contributed by atoms with Crippen LogP contribution in [0.1, 0.15) is 25.0 Å². The SMILES string of the molecule is CC1(C)c2ccccc2-c2c(-c3nc(-c4ccc(-n5c6ccccc6c6cc7cccc(-n8c9ccccc9c9c%10ccccc%10ccc98)c7cc65)cc4)nc4ccccc34)cccc21. The molecule has 0 saturated carbocycles. The lowest BCUT2D eigenvalue weighted by Gasteiger charge is -2.21. The monoisotopic (exact) mass is 828 g/mol. The standard InChI is InChI=1S/C61H40N4/c1-61(2)49-23-9-5-19-43(49)57-46(22-14-24-50(57)61)59-44-20-6-10-25-51(44)62-60(63-59)38-29-32-40(33-30-38)64-52-26-11-7-18-42(52)48-35-39-16-13-28-54(47(39)36-56(48)64)65-53-27-12-8-21-45(53)58-41-17-4-3-15-37(41)31-34-55(58)65/h3-36H,1-2H3. The van der Waals surface area contributed by atoms with Gasteiger partial charge in [-0.25, -0.2) is 9.97 Å². The number of fused-ring (bicyclic) bond motifs is 13. The molecule has 0 saturated heterocycles. The highest BCUT2D eigenvalue weighted by molar-refractivity contribution is 6.22. The Labute approximate surface area is 375 Å². The topological polar surface area (TPSA) is 35.6 Å². The molecule has 0 amide bonds. The van der Waals surface area contributed by atoms with Crippen LogP contribution in [0.25, 0.3) is 121 Å². The second-order valence-electron chi connectivity index (χ2n) is 18.1. The van der Waals surface area contributed by atoms with Gasteiger partial charge < -0.3 is 9.13 Å². The summed E-state index contributed by atoms with van der Waals surface area (Å²) in [5, 5.41) is 11.0. The van der Waals surface area contributed by atoms with Gasteiger partial charge in [0, 0.05) is 54.5 Å². The van der Waals surface area contributed by atoms with Gasteiger partial charge >= 0.3 is 0 Å². The lowest BCUT2D eigenvalue weighted by atomic mass is 9.82. The lowest BCUT2D eigenvalue weighted by molar-refractivity contribution is 0.660. The van der Waals surface area contributed by atoms with Gasteiger partial charge in [-0.3, -0.25) is 0 Å². The zero-order chi connectivity index (χ0) is 43.0. The Kier molecular flexibility index (Phi) is 7.42. The van der Waals surface area contributed by atoms with E-state index in [1.807, 2.05) is 0 Å². The van der Waals surface area contributed by atoms with E-state index in [2.05, 4.69) is 229 Å². The van der Waals surface area contributed by atoms with Crippen LogP contribution < -0.4 is 0 Å². The van der Waals surface area contributed by atoms with Crippen molar-refractivity contribution in [1.29, 1.82) is 0 Å². The van der Waals surface area contributed by atoms with Gasteiger partial charge in [0.1, 0.15) is 0 Å². The van der Waals surface area contributed by atoms with E-state index in [9.17, 15) is 0 Å². The molecule has 0 radical (unpaired) electrons. The van der Waals surface area contributed by atoms with E-state index < -0.39 is 0 Å². The van der Waals surface area contributed by atoms with Crippen molar-refractivity contribution >= 4 is 76.1 Å². The maximum atomic E-state index is 5.44. The molecule has 0 bridgehead atoms. The largest absolute Gasteiger partial charge is 0.309 e. The fourth-order valence-corrected chi connectivity index (χ4v) is 11.3. The van der Waals surface area contributed by atoms with Crippen LogP contribution >= 0.6 is 0 Å². The van der Waals surface area contributed by atoms with Crippen LogP contribution in [0.2, 0.25) is 0 Å². The molecule has 10 aromatic carbocycles. The number of aromatic nitrogens is 4. The van der Waals surface area contributed by atoms with Crippen molar-refractivity contribution in [1.82, 2.24) is 19.1 Å². The highest BCUT2D eigenvalue weighted by Gasteiger charge is 2.37. The first-order valence-electron chi connectivity index (χ1n) is 22.5. The predicted molar refractivity (Wildman–Crippen MR) is 272 cm³/mol. The first-order chi connectivity index (χ1) is 32.0. The second-order valence-corrected chi connectivity index (χ2v) is 18.1. The zero-order valence-electron chi connectivity index (χ0n) is 35.9. The normalized spacial score (nSPS) is 13.2. The number of benzene rings is 10. The maximum Gasteiger partial charge on any atom is 0.160 e. The molecule has 0 unspecified atom stereocenters. The van der Waals surface area contributed by atoms with Crippen molar-refractivity contribution in [3.8, 4) is 45.1 Å². The summed E-state index contributed by atoms with van der Waals surface area (Å²) in [6.45, 7) is 4.66. The summed E-state index contributed by atoms with van der Waals surface area (Å²) < 4.78 is 4.89. The third-order valence-electron chi connectivity index (χ3n) is 14.3. The van der Waals surface area contributed by atoms with Crippen molar-refractivity contribution in [2.24, 2.45) is 0 Å². The number of hydrogen-bond donors (Lipinski definition) is 0. The molecule has 0 spiro atoms. The molecule has 4 heteroatoms. The van der Waals surface area contributed by atoms with Gasteiger partial charge in [0.2, 0.25) is 0 Å². The predicted octanol–water partition coefficient (Wildman–Crippen LogP) is 15.8. The number of hydrogen-bond acceptors (Lipinski definition) is 2. The lowest BCUT2D eigenvalue weighted by Crippen LogP contribution is -2.14. The van der Waals surface area contributed by atoms with Gasteiger partial charge in [0.15, 0.2) is 5.82 Å². The third-order valence-corrected chi connectivity index (χ3v) is 14.3. The fraction of sp³-hybridized carbons (Fsp3) is 0.0492. The van der Waals surface area contributed by atoms with E-state index in [1.54, 1.807) is 0 Å². The highest BCUT2D eigenvalue weighted by Crippen LogP contribution is 2.52. The van der Waals surface area contributed by atoms with E-state index in [0.29, 0.717) is 5.82 Å². The van der Waals surface area contributed by atoms with Crippen LogP contribution in [0.3, 0.4) is 0 Å². The Morgan fingerprint density at radius 2 is 1.06 bits per heavy atom. The van der Waals surface area contributed by atoms with Gasteiger partial charge in [0.05, 0.1) is 39.0 Å². The summed E-state index contributed by atoms with van der Waals surface area (Å²) in [6.07, 6.45) is 0. The van der Waals surface area contributed by atoms with E-state index in [-0.39, 0.29) is 5.41 Å². The van der Waals surface area contributed by atoms with E-state index in [0.717, 1.165) is 38.9 Å². The Hall–Kier alpha value is -8.34. The molecule has 0 N–H and O–H groups in total. The van der Waals surface area contributed by atoms with Crippen LogP contribution in [0, 0.1) is 0 Å². The first-order valence-corrected chi connectivity index (χ1v) is 22.5. The second kappa shape index (κ2) is 13.3. The minimum Gasteiger partial charge on any atom is -0.309 e. The molecule has 3 aromatic heterocycles. The molecule has 3 heterocycles. The number of rotatable bonds is 4. The molecule has 65 heavy (non-hydrogen) atoms. The van der Waals surface area contributed by atoms with Crippen LogP contribution in [0.5, 0.6) is 0 Å². The maximum absolute atomic E-state index is 5.44. The molecular formula is C61H40N4. The van der Waals surface area contributed by atoms with Gasteiger partial charge in [-0.2, -0.15) is 0 Å². The van der Waals surface area contributed by atoms with Gasteiger partial charge in [-0.1, -0.05) is 153 Å². The summed E-state index contributed by atoms with van der Waals surface area (Å²) >= 11 is 0. The Morgan fingerprint density at radius 1 is 0.400 bits per heavy atom. The Morgan fingerprint density at radius 3 is 1.92 bits per heavy atom. The van der Waals surface area contributed by atoms with Gasteiger partial charge in [-0.15, -0.1) is 0 Å². The minimum atomic E-state index is -0.107. The van der Waals surface area contributed by atoms with E-state index >= 15 is 0 Å². The van der Waals surface area contributed by atoms with Crippen LogP contribution in [0.4, 0.5) is 0 Å². The number of nitrogens with zero attached hydrogens (tertiary/aromatic N) is 4. The third kappa shape index (κ3) is 5.08. The Bertz CT molecular complexity index is 4150. The Balaban J connectivity index is 0.947. The quantitative estimate of drug-likeness (QED) is 0.177. The highest BCUT2D eigenvalue weighted by atomic mass is 15.0. The van der Waals surface area contributed by atoms with Crippen LogP contribution in [-0.2, 0) is 5.41 Å². The molecule has 1 aliphatic carbocycles. The van der Waals surface area contributed by atoms with Crippen molar-refractivity contribution < 1.29 is 0 Å². The molecule has 0 aliphatic heterocycles. The molecule has 0 fully saturated rings. The fourth-order valence-electron chi connectivity index (χ4n) is 11.3. The van der Waals surface area contributed by atoms with Crippen molar-refractivity contribution in [2.75, 3.05) is 0 Å². The minimum absolute atomic E-state index is 0.107. The average Bonchev–Trinajstić information content (AvgIpc) is 3.95. The summed E-state index contributed by atoms with van der Waals surface area (Å²) in [7, 11) is 0. The molecule has 1 aliphatic rings. The summed E-state index contributed by atoms with van der Waals surface area (Å²) in [5.41, 5.74) is 16.1. The van der Waals surface area contributed by atoms with Crippen molar-refractivity contribution in [3.63, 3.8) is 0 Å². The smallest absolute Gasteiger partial charge is 0.160 e. The zero-order valence-corrected chi connectivity index (χ0v) is 35.9. The van der Waals surface area contributed by atoms with E-state index in [4.69, 9.17) is 9.97 Å². The molecular weight excluding hydrogens is 789 g/mol. The van der Waals surface area contributed by atoms with Gasteiger partial charge in [-0.05, 0) is 105 Å². The molecule has 13 aromatic rings. The van der Waals surface area contributed by atoms with Crippen molar-refractivity contribution in [2.45, 2.75) is 19.3 Å². The summed E-state index contributed by atoms with van der Waals surface area (Å²) in [6, 6.07) is 75.2. The summed E-state index contributed by atoms with van der Waals surface area (Å²) in [5.74, 6) is 0.713. The van der Waals surface area contributed by atoms with Gasteiger partial charge in [0.25, 0.3) is 0 Å². The average molecular weight is 829 g/mol. The number of para-hydroxylation sites is 3. The summed E-state index contributed by atoms with van der Waals surface area (Å²) in [4.78, 5) is 10.6. The van der Waals surface area contributed by atoms with Crippen molar-refractivity contribution in [3.05, 3.63) is 217 Å².